The number of aromatic nitrogens is 1. The molecule has 86 valence electrons. The molecule has 1 aromatic heterocycles. The van der Waals surface area contributed by atoms with E-state index in [0.29, 0.717) is 11.4 Å². The second-order valence-corrected chi connectivity index (χ2v) is 3.56. The van der Waals surface area contributed by atoms with Gasteiger partial charge >= 0.3 is 5.97 Å². The van der Waals surface area contributed by atoms with Crippen LogP contribution in [0.2, 0.25) is 0 Å². The van der Waals surface area contributed by atoms with Gasteiger partial charge in [0.05, 0.1) is 5.56 Å². The standard InChI is InChI=1S/C13H11NO3/c1-9-7-10(13(15)16)8-12(14-9)17-11-5-3-2-4-6-11/h2-8H,1H3,(H,15,16). The van der Waals surface area contributed by atoms with Crippen LogP contribution in [0.15, 0.2) is 42.5 Å². The van der Waals surface area contributed by atoms with Crippen LogP contribution < -0.4 is 4.74 Å². The van der Waals surface area contributed by atoms with Crippen LogP contribution in [-0.4, -0.2) is 16.1 Å². The van der Waals surface area contributed by atoms with E-state index in [9.17, 15) is 4.79 Å². The fourth-order valence-corrected chi connectivity index (χ4v) is 1.42. The highest BCUT2D eigenvalue weighted by molar-refractivity contribution is 5.88. The van der Waals surface area contributed by atoms with Crippen LogP contribution >= 0.6 is 0 Å². The summed E-state index contributed by atoms with van der Waals surface area (Å²) in [4.78, 5) is 15.0. The van der Waals surface area contributed by atoms with Crippen molar-refractivity contribution in [2.75, 3.05) is 0 Å². The Kier molecular flexibility index (Phi) is 3.05. The number of para-hydroxylation sites is 1. The lowest BCUT2D eigenvalue weighted by molar-refractivity contribution is 0.0696. The molecular formula is C13H11NO3. The average Bonchev–Trinajstić information content (AvgIpc) is 2.29. The first-order valence-electron chi connectivity index (χ1n) is 5.10. The summed E-state index contributed by atoms with van der Waals surface area (Å²) in [5.74, 6) is -0.0797. The van der Waals surface area contributed by atoms with E-state index in [4.69, 9.17) is 9.84 Å². The van der Waals surface area contributed by atoms with Crippen LogP contribution in [0.25, 0.3) is 0 Å². The van der Waals surface area contributed by atoms with Crippen molar-refractivity contribution in [2.45, 2.75) is 6.92 Å². The quantitative estimate of drug-likeness (QED) is 0.879. The number of carbonyl (C=O) groups is 1. The number of pyridine rings is 1. The molecule has 0 aliphatic rings. The molecule has 1 heterocycles. The first-order valence-corrected chi connectivity index (χ1v) is 5.10. The van der Waals surface area contributed by atoms with Gasteiger partial charge in [-0.3, -0.25) is 0 Å². The monoisotopic (exact) mass is 229 g/mol. The van der Waals surface area contributed by atoms with Crippen molar-refractivity contribution in [1.29, 1.82) is 0 Å². The van der Waals surface area contributed by atoms with Gasteiger partial charge in [-0.2, -0.15) is 0 Å². The van der Waals surface area contributed by atoms with Crippen LogP contribution in [-0.2, 0) is 0 Å². The van der Waals surface area contributed by atoms with E-state index in [0.717, 1.165) is 0 Å². The highest BCUT2D eigenvalue weighted by Crippen LogP contribution is 2.20. The molecule has 0 aliphatic heterocycles. The number of carboxylic acids is 1. The van der Waals surface area contributed by atoms with Crippen LogP contribution in [0.1, 0.15) is 16.1 Å². The molecule has 1 aromatic carbocycles. The summed E-state index contributed by atoms with van der Waals surface area (Å²) >= 11 is 0. The number of benzene rings is 1. The molecule has 0 saturated heterocycles. The van der Waals surface area contributed by atoms with Crippen molar-refractivity contribution in [3.63, 3.8) is 0 Å². The van der Waals surface area contributed by atoms with Crippen LogP contribution in [0.3, 0.4) is 0 Å². The molecule has 0 saturated carbocycles. The summed E-state index contributed by atoms with van der Waals surface area (Å²) in [6, 6.07) is 12.0. The predicted octanol–water partition coefficient (Wildman–Crippen LogP) is 2.88. The zero-order chi connectivity index (χ0) is 12.3. The maximum absolute atomic E-state index is 10.9. The molecule has 4 nitrogen and oxygen atoms in total. The van der Waals surface area contributed by atoms with Gasteiger partial charge in [0.15, 0.2) is 0 Å². The lowest BCUT2D eigenvalue weighted by Gasteiger charge is -2.06. The molecule has 4 heteroatoms. The Morgan fingerprint density at radius 2 is 1.94 bits per heavy atom. The summed E-state index contributed by atoms with van der Waals surface area (Å²) in [6.07, 6.45) is 0. The van der Waals surface area contributed by atoms with E-state index in [1.165, 1.54) is 12.1 Å². The van der Waals surface area contributed by atoms with Crippen molar-refractivity contribution in [3.05, 3.63) is 53.7 Å². The lowest BCUT2D eigenvalue weighted by atomic mass is 10.2. The topological polar surface area (TPSA) is 59.4 Å². The van der Waals surface area contributed by atoms with Crippen LogP contribution in [0.5, 0.6) is 11.6 Å². The van der Waals surface area contributed by atoms with Gasteiger partial charge in [-0.1, -0.05) is 18.2 Å². The number of aromatic carboxylic acids is 1. The molecule has 2 rings (SSSR count). The number of nitrogens with zero attached hydrogens (tertiary/aromatic N) is 1. The Hall–Kier alpha value is -2.36. The molecule has 1 N–H and O–H groups in total. The molecule has 0 atom stereocenters. The fourth-order valence-electron chi connectivity index (χ4n) is 1.42. The Labute approximate surface area is 98.5 Å². The first-order chi connectivity index (χ1) is 8.15. The van der Waals surface area contributed by atoms with Gasteiger partial charge in [0.1, 0.15) is 5.75 Å². The first kappa shape index (κ1) is 11.1. The van der Waals surface area contributed by atoms with Gasteiger partial charge in [0.25, 0.3) is 0 Å². The van der Waals surface area contributed by atoms with E-state index < -0.39 is 5.97 Å². The normalized spacial score (nSPS) is 9.94. The Morgan fingerprint density at radius 3 is 2.59 bits per heavy atom. The smallest absolute Gasteiger partial charge is 0.335 e. The SMILES string of the molecule is Cc1cc(C(=O)O)cc(Oc2ccccc2)n1. The van der Waals surface area contributed by atoms with E-state index in [1.54, 1.807) is 19.1 Å². The minimum atomic E-state index is -0.992. The number of hydrogen-bond acceptors (Lipinski definition) is 3. The minimum absolute atomic E-state index is 0.170. The van der Waals surface area contributed by atoms with Gasteiger partial charge in [-0.15, -0.1) is 0 Å². The van der Waals surface area contributed by atoms with E-state index in [1.807, 2.05) is 18.2 Å². The number of carboxylic acid groups (broad SMARTS) is 1. The summed E-state index contributed by atoms with van der Waals surface area (Å²) in [5.41, 5.74) is 0.777. The van der Waals surface area contributed by atoms with Gasteiger partial charge in [0, 0.05) is 11.8 Å². The molecule has 0 fully saturated rings. The second kappa shape index (κ2) is 4.65. The Bertz CT molecular complexity index is 538. The van der Waals surface area contributed by atoms with E-state index in [2.05, 4.69) is 4.98 Å². The van der Waals surface area contributed by atoms with Crippen molar-refractivity contribution >= 4 is 5.97 Å². The molecular weight excluding hydrogens is 218 g/mol. The third kappa shape index (κ3) is 2.81. The predicted molar refractivity (Wildman–Crippen MR) is 62.4 cm³/mol. The van der Waals surface area contributed by atoms with Gasteiger partial charge in [0.2, 0.25) is 5.88 Å². The second-order valence-electron chi connectivity index (χ2n) is 3.56. The summed E-state index contributed by atoms with van der Waals surface area (Å²) in [7, 11) is 0. The van der Waals surface area contributed by atoms with Crippen molar-refractivity contribution in [1.82, 2.24) is 4.98 Å². The molecule has 0 radical (unpaired) electrons. The average molecular weight is 229 g/mol. The zero-order valence-electron chi connectivity index (χ0n) is 9.25. The van der Waals surface area contributed by atoms with Crippen molar-refractivity contribution < 1.29 is 14.6 Å². The highest BCUT2D eigenvalue weighted by Gasteiger charge is 2.07. The van der Waals surface area contributed by atoms with Gasteiger partial charge < -0.3 is 9.84 Å². The third-order valence-corrected chi connectivity index (χ3v) is 2.14. The summed E-state index contributed by atoms with van der Waals surface area (Å²) in [5, 5.41) is 8.92. The number of ether oxygens (including phenoxy) is 1. The van der Waals surface area contributed by atoms with Gasteiger partial charge in [-0.25, -0.2) is 9.78 Å². The molecule has 0 spiro atoms. The maximum atomic E-state index is 10.9. The Balaban J connectivity index is 2.30. The number of aryl methyl sites for hydroxylation is 1. The largest absolute Gasteiger partial charge is 0.478 e. The molecule has 0 aliphatic carbocycles. The fraction of sp³-hybridized carbons (Fsp3) is 0.0769. The molecule has 17 heavy (non-hydrogen) atoms. The maximum Gasteiger partial charge on any atom is 0.335 e. The molecule has 0 unspecified atom stereocenters. The third-order valence-electron chi connectivity index (χ3n) is 2.14. The molecule has 2 aromatic rings. The number of hydrogen-bond donors (Lipinski definition) is 1. The summed E-state index contributed by atoms with van der Waals surface area (Å²) in [6.45, 7) is 1.73. The van der Waals surface area contributed by atoms with Gasteiger partial charge in [-0.05, 0) is 25.1 Å². The zero-order valence-corrected chi connectivity index (χ0v) is 9.25. The van der Waals surface area contributed by atoms with E-state index in [-0.39, 0.29) is 11.4 Å². The van der Waals surface area contributed by atoms with Crippen molar-refractivity contribution in [2.24, 2.45) is 0 Å². The minimum Gasteiger partial charge on any atom is -0.478 e. The Morgan fingerprint density at radius 1 is 1.24 bits per heavy atom. The summed E-state index contributed by atoms with van der Waals surface area (Å²) < 4.78 is 5.48. The number of rotatable bonds is 3. The van der Waals surface area contributed by atoms with E-state index >= 15 is 0 Å². The van der Waals surface area contributed by atoms with Crippen molar-refractivity contribution in [3.8, 4) is 11.6 Å². The molecule has 0 amide bonds. The lowest BCUT2D eigenvalue weighted by Crippen LogP contribution is -1.99. The van der Waals surface area contributed by atoms with Crippen LogP contribution in [0, 0.1) is 6.92 Å². The molecule has 0 bridgehead atoms. The highest BCUT2D eigenvalue weighted by atomic mass is 16.5. The van der Waals surface area contributed by atoms with Crippen LogP contribution in [0.4, 0.5) is 0 Å².